The van der Waals surface area contributed by atoms with Crippen LogP contribution in [-0.4, -0.2) is 66.7 Å². The smallest absolute Gasteiger partial charge is 0.245 e. The molecule has 2 bridgehead atoms. The lowest BCUT2D eigenvalue weighted by Gasteiger charge is -2.32. The highest BCUT2D eigenvalue weighted by molar-refractivity contribution is 5.86. The highest BCUT2D eigenvalue weighted by Crippen LogP contribution is 2.30. The first-order valence-corrected chi connectivity index (χ1v) is 6.98. The van der Waals surface area contributed by atoms with Crippen LogP contribution in [0.5, 0.6) is 0 Å². The van der Waals surface area contributed by atoms with Gasteiger partial charge in [-0.25, -0.2) is 0 Å². The summed E-state index contributed by atoms with van der Waals surface area (Å²) < 4.78 is 5.30. The zero-order chi connectivity index (χ0) is 12.8. The van der Waals surface area contributed by atoms with Gasteiger partial charge in [0.1, 0.15) is 5.54 Å². The van der Waals surface area contributed by atoms with Gasteiger partial charge in [-0.2, -0.15) is 0 Å². The maximum Gasteiger partial charge on any atom is 0.245 e. The van der Waals surface area contributed by atoms with Crippen molar-refractivity contribution < 1.29 is 9.53 Å². The molecule has 5 heteroatoms. The summed E-state index contributed by atoms with van der Waals surface area (Å²) in [6.45, 7) is 2.68. The van der Waals surface area contributed by atoms with Crippen molar-refractivity contribution >= 4 is 5.91 Å². The Balaban J connectivity index is 1.71. The summed E-state index contributed by atoms with van der Waals surface area (Å²) in [5.74, 6) is 0.0981. The average molecular weight is 253 g/mol. The zero-order valence-corrected chi connectivity index (χ0v) is 11.1. The molecule has 3 fully saturated rings. The lowest BCUT2D eigenvalue weighted by atomic mass is 9.97. The predicted octanol–water partition coefficient (Wildman–Crippen LogP) is -0.201. The summed E-state index contributed by atoms with van der Waals surface area (Å²) in [7, 11) is 2.19. The fourth-order valence-corrected chi connectivity index (χ4v) is 3.56. The number of nitrogens with two attached hydrogens (primary N) is 1. The number of carbonyl (C=O) groups excluding carboxylic acids is 1. The largest absolute Gasteiger partial charge is 0.379 e. The van der Waals surface area contributed by atoms with E-state index in [-0.39, 0.29) is 5.91 Å². The minimum Gasteiger partial charge on any atom is -0.379 e. The Labute approximate surface area is 108 Å². The van der Waals surface area contributed by atoms with Crippen molar-refractivity contribution in [2.45, 2.75) is 43.3 Å². The number of nitrogens with zero attached hydrogens (tertiary/aromatic N) is 2. The fourth-order valence-electron chi connectivity index (χ4n) is 3.56. The maximum absolute atomic E-state index is 12.6. The van der Waals surface area contributed by atoms with E-state index in [9.17, 15) is 4.79 Å². The molecule has 102 valence electrons. The molecule has 3 unspecified atom stereocenters. The lowest BCUT2D eigenvalue weighted by Crippen LogP contribution is -2.57. The van der Waals surface area contributed by atoms with Crippen molar-refractivity contribution in [3.05, 3.63) is 0 Å². The molecule has 0 aliphatic carbocycles. The van der Waals surface area contributed by atoms with Crippen LogP contribution in [0.4, 0.5) is 0 Å². The van der Waals surface area contributed by atoms with Gasteiger partial charge in [0.2, 0.25) is 5.91 Å². The maximum atomic E-state index is 12.6. The van der Waals surface area contributed by atoms with E-state index in [0.29, 0.717) is 31.7 Å². The van der Waals surface area contributed by atoms with E-state index in [1.54, 1.807) is 0 Å². The first kappa shape index (κ1) is 12.4. The van der Waals surface area contributed by atoms with Gasteiger partial charge in [-0.15, -0.1) is 0 Å². The molecule has 3 heterocycles. The number of carbonyl (C=O) groups is 1. The van der Waals surface area contributed by atoms with Crippen molar-refractivity contribution in [2.75, 3.05) is 33.4 Å². The minimum atomic E-state index is -0.762. The van der Waals surface area contributed by atoms with E-state index in [1.807, 2.05) is 4.90 Å². The van der Waals surface area contributed by atoms with Crippen LogP contribution in [0.3, 0.4) is 0 Å². The van der Waals surface area contributed by atoms with E-state index in [2.05, 4.69) is 11.9 Å². The average Bonchev–Trinajstić information content (AvgIpc) is 2.85. The second-order valence-electron chi connectivity index (χ2n) is 6.05. The highest BCUT2D eigenvalue weighted by Gasteiger charge is 2.44. The third kappa shape index (κ3) is 1.94. The van der Waals surface area contributed by atoms with Crippen molar-refractivity contribution in [1.82, 2.24) is 9.80 Å². The van der Waals surface area contributed by atoms with Crippen molar-refractivity contribution in [3.8, 4) is 0 Å². The Bertz CT molecular complexity index is 341. The van der Waals surface area contributed by atoms with Crippen LogP contribution in [0.25, 0.3) is 0 Å². The molecule has 0 aromatic carbocycles. The third-order valence-electron chi connectivity index (χ3n) is 4.91. The normalized spacial score (nSPS) is 41.1. The number of likely N-dealkylation sites (N-methyl/N-ethyl adjacent to an activating group) is 1. The van der Waals surface area contributed by atoms with Crippen LogP contribution in [0.15, 0.2) is 0 Å². The topological polar surface area (TPSA) is 58.8 Å². The first-order chi connectivity index (χ1) is 8.60. The molecule has 1 amide bonds. The molecule has 0 aromatic heterocycles. The van der Waals surface area contributed by atoms with Crippen LogP contribution in [0.1, 0.15) is 25.7 Å². The number of amides is 1. The number of hydrogen-bond donors (Lipinski definition) is 1. The Hall–Kier alpha value is -0.650. The van der Waals surface area contributed by atoms with Gasteiger partial charge in [-0.1, -0.05) is 0 Å². The van der Waals surface area contributed by atoms with Gasteiger partial charge in [-0.3, -0.25) is 9.69 Å². The van der Waals surface area contributed by atoms with Gasteiger partial charge < -0.3 is 15.4 Å². The summed E-state index contributed by atoms with van der Waals surface area (Å²) in [4.78, 5) is 17.0. The SMILES string of the molecule is CN1C2CCC1CN(C(=O)C1(N)CCOC1)CC2. The fraction of sp³-hybridized carbons (Fsp3) is 0.923. The summed E-state index contributed by atoms with van der Waals surface area (Å²) >= 11 is 0. The second-order valence-corrected chi connectivity index (χ2v) is 6.05. The van der Waals surface area contributed by atoms with Gasteiger partial charge in [0.25, 0.3) is 0 Å². The van der Waals surface area contributed by atoms with Gasteiger partial charge in [0.05, 0.1) is 6.61 Å². The first-order valence-electron chi connectivity index (χ1n) is 6.98. The van der Waals surface area contributed by atoms with Crippen LogP contribution in [-0.2, 0) is 9.53 Å². The van der Waals surface area contributed by atoms with Gasteiger partial charge >= 0.3 is 0 Å². The molecule has 3 rings (SSSR count). The van der Waals surface area contributed by atoms with Crippen LogP contribution < -0.4 is 5.73 Å². The predicted molar refractivity (Wildman–Crippen MR) is 68.1 cm³/mol. The molecule has 18 heavy (non-hydrogen) atoms. The Morgan fingerprint density at radius 1 is 1.33 bits per heavy atom. The monoisotopic (exact) mass is 253 g/mol. The number of rotatable bonds is 1. The van der Waals surface area contributed by atoms with Gasteiger partial charge in [0, 0.05) is 31.8 Å². The summed E-state index contributed by atoms with van der Waals surface area (Å²) in [5, 5.41) is 0. The molecule has 5 nitrogen and oxygen atoms in total. The quantitative estimate of drug-likeness (QED) is 0.703. The molecule has 0 radical (unpaired) electrons. The number of ether oxygens (including phenoxy) is 1. The number of hydrogen-bond acceptors (Lipinski definition) is 4. The van der Waals surface area contributed by atoms with Gasteiger partial charge in [0.15, 0.2) is 0 Å². The van der Waals surface area contributed by atoms with E-state index in [1.165, 1.54) is 12.8 Å². The van der Waals surface area contributed by atoms with Crippen molar-refractivity contribution in [1.29, 1.82) is 0 Å². The molecule has 3 saturated heterocycles. The molecular weight excluding hydrogens is 230 g/mol. The standard InChI is InChI=1S/C13H23N3O2/c1-15-10-2-3-11(15)8-16(6-4-10)12(17)13(14)5-7-18-9-13/h10-11H,2-9,14H2,1H3. The van der Waals surface area contributed by atoms with E-state index >= 15 is 0 Å². The Kier molecular flexibility index (Phi) is 3.08. The molecule has 0 aromatic rings. The molecule has 3 atom stereocenters. The number of likely N-dealkylation sites (tertiary alicyclic amines) is 1. The summed E-state index contributed by atoms with van der Waals surface area (Å²) in [6.07, 6.45) is 4.22. The molecule has 2 N–H and O–H groups in total. The van der Waals surface area contributed by atoms with E-state index in [0.717, 1.165) is 19.5 Å². The van der Waals surface area contributed by atoms with E-state index < -0.39 is 5.54 Å². The lowest BCUT2D eigenvalue weighted by molar-refractivity contribution is -0.137. The molecule has 3 aliphatic heterocycles. The van der Waals surface area contributed by atoms with Crippen molar-refractivity contribution in [2.24, 2.45) is 5.73 Å². The summed E-state index contributed by atoms with van der Waals surface area (Å²) in [6, 6.07) is 1.17. The summed E-state index contributed by atoms with van der Waals surface area (Å²) in [5.41, 5.74) is 5.43. The third-order valence-corrected chi connectivity index (χ3v) is 4.91. The van der Waals surface area contributed by atoms with Gasteiger partial charge in [-0.05, 0) is 32.7 Å². The highest BCUT2D eigenvalue weighted by atomic mass is 16.5. The van der Waals surface area contributed by atoms with Crippen molar-refractivity contribution in [3.63, 3.8) is 0 Å². The molecular formula is C13H23N3O2. The van der Waals surface area contributed by atoms with Crippen LogP contribution in [0.2, 0.25) is 0 Å². The minimum absolute atomic E-state index is 0.0981. The molecule has 3 aliphatic rings. The second kappa shape index (κ2) is 4.47. The Morgan fingerprint density at radius 2 is 2.11 bits per heavy atom. The Morgan fingerprint density at radius 3 is 2.83 bits per heavy atom. The molecule has 0 spiro atoms. The van der Waals surface area contributed by atoms with E-state index in [4.69, 9.17) is 10.5 Å². The zero-order valence-electron chi connectivity index (χ0n) is 11.1. The van der Waals surface area contributed by atoms with Crippen LogP contribution in [0, 0.1) is 0 Å². The molecule has 0 saturated carbocycles. The van der Waals surface area contributed by atoms with Crippen LogP contribution >= 0.6 is 0 Å². The number of fused-ring (bicyclic) bond motifs is 2.